The van der Waals surface area contributed by atoms with Gasteiger partial charge >= 0.3 is 0 Å². The number of anilines is 2. The molecule has 1 atom stereocenters. The molecular weight excluding hydrogens is 398 g/mol. The molecule has 7 nitrogen and oxygen atoms in total. The molecule has 1 saturated heterocycles. The maximum atomic E-state index is 13.1. The summed E-state index contributed by atoms with van der Waals surface area (Å²) >= 11 is 1.08. The van der Waals surface area contributed by atoms with Crippen LogP contribution in [0.25, 0.3) is 0 Å². The molecule has 8 heteroatoms. The summed E-state index contributed by atoms with van der Waals surface area (Å²) in [6, 6.07) is 9.77. The number of nitriles is 2. The molecule has 30 heavy (non-hydrogen) atoms. The van der Waals surface area contributed by atoms with E-state index in [0.29, 0.717) is 21.8 Å². The summed E-state index contributed by atoms with van der Waals surface area (Å²) < 4.78 is 0. The van der Waals surface area contributed by atoms with Crippen molar-refractivity contribution in [3.05, 3.63) is 46.0 Å². The Hall–Kier alpha value is -3.36. The minimum Gasteiger partial charge on any atom is -0.383 e. The van der Waals surface area contributed by atoms with Crippen molar-refractivity contribution >= 4 is 35.1 Å². The largest absolute Gasteiger partial charge is 0.383 e. The van der Waals surface area contributed by atoms with Crippen LogP contribution in [-0.4, -0.2) is 22.0 Å². The molecule has 2 N–H and O–H groups in total. The zero-order valence-electron chi connectivity index (χ0n) is 16.6. The smallest absolute Gasteiger partial charge is 0.247 e. The highest BCUT2D eigenvalue weighted by atomic mass is 32.2. The Labute approximate surface area is 178 Å². The molecule has 0 unspecified atom stereocenters. The van der Waals surface area contributed by atoms with Gasteiger partial charge in [-0.25, -0.2) is 9.88 Å². The van der Waals surface area contributed by atoms with Crippen LogP contribution in [0.2, 0.25) is 0 Å². The number of nitrogens with two attached hydrogens (primary N) is 1. The molecular formula is C22H19N5O2S. The Bertz CT molecular complexity index is 1170. The van der Waals surface area contributed by atoms with Crippen LogP contribution in [0.4, 0.5) is 11.5 Å². The number of imide groups is 1. The molecule has 2 aromatic rings. The van der Waals surface area contributed by atoms with Gasteiger partial charge in [-0.3, -0.25) is 9.59 Å². The number of benzene rings is 1. The van der Waals surface area contributed by atoms with Crippen molar-refractivity contribution in [3.63, 3.8) is 0 Å². The first kappa shape index (κ1) is 19.9. The molecule has 4 rings (SSSR count). The second kappa shape index (κ2) is 7.47. The van der Waals surface area contributed by atoms with Crippen molar-refractivity contribution in [2.75, 3.05) is 10.6 Å². The SMILES string of the molecule is Cc1ccc(N2C(=O)C[C@@H](Sc3nc(N)c(C#N)c(C4CC4)c3C#N)C2=O)c(C)c1. The molecule has 1 aromatic heterocycles. The second-order valence-corrected chi connectivity index (χ2v) is 8.82. The number of nitrogens with zero attached hydrogens (tertiary/aromatic N) is 4. The van der Waals surface area contributed by atoms with Crippen LogP contribution in [0.15, 0.2) is 23.2 Å². The van der Waals surface area contributed by atoms with E-state index in [1.807, 2.05) is 26.0 Å². The molecule has 1 aliphatic carbocycles. The van der Waals surface area contributed by atoms with Crippen molar-refractivity contribution in [3.8, 4) is 12.1 Å². The van der Waals surface area contributed by atoms with Crippen LogP contribution in [0, 0.1) is 36.5 Å². The Kier molecular flexibility index (Phi) is 4.97. The first-order chi connectivity index (χ1) is 14.3. The normalized spacial score (nSPS) is 18.4. The van der Waals surface area contributed by atoms with Gasteiger partial charge in [0.2, 0.25) is 11.8 Å². The van der Waals surface area contributed by atoms with Crippen LogP contribution in [-0.2, 0) is 9.59 Å². The van der Waals surface area contributed by atoms with Crippen LogP contribution in [0.3, 0.4) is 0 Å². The summed E-state index contributed by atoms with van der Waals surface area (Å²) in [7, 11) is 0. The number of pyridine rings is 1. The van der Waals surface area contributed by atoms with Gasteiger partial charge in [0.15, 0.2) is 0 Å². The van der Waals surface area contributed by atoms with Crippen molar-refractivity contribution < 1.29 is 9.59 Å². The number of hydrogen-bond acceptors (Lipinski definition) is 7. The van der Waals surface area contributed by atoms with Gasteiger partial charge in [0.05, 0.1) is 22.1 Å². The monoisotopic (exact) mass is 417 g/mol. The highest BCUT2D eigenvalue weighted by Gasteiger charge is 2.42. The molecule has 0 spiro atoms. The number of aryl methyl sites for hydroxylation is 2. The predicted octanol–water partition coefficient (Wildman–Crippen LogP) is 3.33. The van der Waals surface area contributed by atoms with Gasteiger partial charge in [0, 0.05) is 6.42 Å². The van der Waals surface area contributed by atoms with Crippen molar-refractivity contribution in [1.82, 2.24) is 4.98 Å². The summed E-state index contributed by atoms with van der Waals surface area (Å²) in [5.74, 6) is -0.444. The number of thioether (sulfide) groups is 1. The van der Waals surface area contributed by atoms with Crippen molar-refractivity contribution in [2.24, 2.45) is 0 Å². The van der Waals surface area contributed by atoms with Crippen molar-refractivity contribution in [1.29, 1.82) is 10.5 Å². The number of nitrogen functional groups attached to an aromatic ring is 1. The van der Waals surface area contributed by atoms with Gasteiger partial charge in [-0.1, -0.05) is 29.5 Å². The quantitative estimate of drug-likeness (QED) is 0.757. The fourth-order valence-electron chi connectivity index (χ4n) is 3.83. The third kappa shape index (κ3) is 3.30. The third-order valence-corrected chi connectivity index (χ3v) is 6.56. The zero-order valence-corrected chi connectivity index (χ0v) is 17.4. The van der Waals surface area contributed by atoms with Gasteiger partial charge in [-0.2, -0.15) is 10.5 Å². The molecule has 150 valence electrons. The summed E-state index contributed by atoms with van der Waals surface area (Å²) in [5.41, 5.74) is 9.61. The summed E-state index contributed by atoms with van der Waals surface area (Å²) in [4.78, 5) is 31.2. The van der Waals surface area contributed by atoms with E-state index in [2.05, 4.69) is 17.1 Å². The molecule has 0 radical (unpaired) electrons. The molecule has 1 aliphatic heterocycles. The average molecular weight is 417 g/mol. The molecule has 2 aliphatic rings. The Morgan fingerprint density at radius 3 is 2.47 bits per heavy atom. The lowest BCUT2D eigenvalue weighted by atomic mass is 10.0. The summed E-state index contributed by atoms with van der Waals surface area (Å²) in [6.07, 6.45) is 1.79. The van der Waals surface area contributed by atoms with Crippen LogP contribution in [0.5, 0.6) is 0 Å². The van der Waals surface area contributed by atoms with Crippen LogP contribution < -0.4 is 10.6 Å². The van der Waals surface area contributed by atoms with Crippen LogP contribution in [0.1, 0.15) is 53.0 Å². The fourth-order valence-corrected chi connectivity index (χ4v) is 4.96. The zero-order chi connectivity index (χ0) is 21.6. The van der Waals surface area contributed by atoms with Gasteiger partial charge in [-0.05, 0) is 49.8 Å². The Balaban J connectivity index is 1.69. The first-order valence-corrected chi connectivity index (χ1v) is 10.5. The average Bonchev–Trinajstić information content (AvgIpc) is 3.49. The number of amides is 2. The number of hydrogen-bond donors (Lipinski definition) is 1. The number of aromatic nitrogens is 1. The molecule has 2 heterocycles. The minimum atomic E-state index is -0.697. The van der Waals surface area contributed by atoms with Gasteiger partial charge in [0.25, 0.3) is 0 Å². The molecule has 1 saturated carbocycles. The highest BCUT2D eigenvalue weighted by molar-refractivity contribution is 8.00. The Morgan fingerprint density at radius 1 is 1.17 bits per heavy atom. The summed E-state index contributed by atoms with van der Waals surface area (Å²) in [5, 5.41) is 18.8. The number of carbonyl (C=O) groups is 2. The highest BCUT2D eigenvalue weighted by Crippen LogP contribution is 2.47. The van der Waals surface area contributed by atoms with Gasteiger partial charge < -0.3 is 5.73 Å². The molecule has 1 aromatic carbocycles. The van der Waals surface area contributed by atoms with E-state index in [1.54, 1.807) is 6.07 Å². The summed E-state index contributed by atoms with van der Waals surface area (Å²) in [6.45, 7) is 3.81. The van der Waals surface area contributed by atoms with Crippen molar-refractivity contribution in [2.45, 2.75) is 49.3 Å². The maximum Gasteiger partial charge on any atom is 0.247 e. The van der Waals surface area contributed by atoms with Gasteiger partial charge in [-0.15, -0.1) is 0 Å². The lowest BCUT2D eigenvalue weighted by molar-refractivity contribution is -0.121. The van der Waals surface area contributed by atoms with E-state index in [-0.39, 0.29) is 35.5 Å². The standard InChI is InChI=1S/C22H19N5O2S/c1-11-3-6-16(12(2)7-11)27-18(28)8-17(22(27)29)30-21-15(10-24)19(13-4-5-13)14(9-23)20(25)26-21/h3,6-7,13,17H,4-5,8H2,1-2H3,(H2,25,26)/t17-/m1/s1. The number of rotatable bonds is 4. The van der Waals surface area contributed by atoms with E-state index in [0.717, 1.165) is 35.7 Å². The topological polar surface area (TPSA) is 124 Å². The fraction of sp³-hybridized carbons (Fsp3) is 0.318. The predicted molar refractivity (Wildman–Crippen MR) is 113 cm³/mol. The second-order valence-electron chi connectivity index (χ2n) is 7.63. The number of carbonyl (C=O) groups excluding carboxylic acids is 2. The lowest BCUT2D eigenvalue weighted by Crippen LogP contribution is -2.31. The van der Waals surface area contributed by atoms with E-state index in [1.165, 1.54) is 4.90 Å². The molecule has 2 amide bonds. The molecule has 0 bridgehead atoms. The lowest BCUT2D eigenvalue weighted by Gasteiger charge is -2.18. The minimum absolute atomic E-state index is 0.0159. The van der Waals surface area contributed by atoms with E-state index in [9.17, 15) is 20.1 Å². The maximum absolute atomic E-state index is 13.1. The van der Waals surface area contributed by atoms with E-state index >= 15 is 0 Å². The van der Waals surface area contributed by atoms with E-state index < -0.39 is 5.25 Å². The van der Waals surface area contributed by atoms with Crippen LogP contribution >= 0.6 is 11.8 Å². The third-order valence-electron chi connectivity index (χ3n) is 5.39. The van der Waals surface area contributed by atoms with Gasteiger partial charge in [0.1, 0.15) is 23.0 Å². The Morgan fingerprint density at radius 2 is 1.87 bits per heavy atom. The van der Waals surface area contributed by atoms with E-state index in [4.69, 9.17) is 5.73 Å². The molecule has 2 fully saturated rings. The first-order valence-electron chi connectivity index (χ1n) is 9.60.